The van der Waals surface area contributed by atoms with Crippen molar-refractivity contribution in [1.29, 1.82) is 0 Å². The Bertz CT molecular complexity index is 537. The standard InChI is InChI=1S/C12H17NO4S/c1-8(2)7-9(12(14)15)11-10(18(3,16)17)5-4-6-13-11/h4-6,8-9H,7H2,1-3H3,(H,14,15). The molecule has 0 spiro atoms. The molecule has 0 saturated heterocycles. The van der Waals surface area contributed by atoms with Crippen LogP contribution in [0.15, 0.2) is 23.2 Å². The maximum Gasteiger partial charge on any atom is 0.312 e. The van der Waals surface area contributed by atoms with Crippen LogP contribution < -0.4 is 0 Å². The largest absolute Gasteiger partial charge is 0.481 e. The Balaban J connectivity index is 3.33. The molecule has 1 aromatic heterocycles. The van der Waals surface area contributed by atoms with E-state index in [2.05, 4.69) is 4.98 Å². The van der Waals surface area contributed by atoms with E-state index >= 15 is 0 Å². The lowest BCUT2D eigenvalue weighted by Gasteiger charge is -2.16. The van der Waals surface area contributed by atoms with Crippen LogP contribution in [0.2, 0.25) is 0 Å². The van der Waals surface area contributed by atoms with Gasteiger partial charge >= 0.3 is 5.97 Å². The van der Waals surface area contributed by atoms with E-state index in [9.17, 15) is 18.3 Å². The quantitative estimate of drug-likeness (QED) is 0.881. The van der Waals surface area contributed by atoms with Gasteiger partial charge in [-0.05, 0) is 24.5 Å². The Morgan fingerprint density at radius 3 is 2.50 bits per heavy atom. The summed E-state index contributed by atoms with van der Waals surface area (Å²) in [6.07, 6.45) is 2.83. The molecule has 0 aromatic carbocycles. The number of carbonyl (C=O) groups is 1. The fourth-order valence-electron chi connectivity index (χ4n) is 1.78. The predicted octanol–water partition coefficient (Wildman–Crippen LogP) is 1.70. The maximum atomic E-state index is 11.6. The molecule has 0 aliphatic carbocycles. The Kier molecular flexibility index (Phi) is 4.45. The van der Waals surface area contributed by atoms with Crippen molar-refractivity contribution in [1.82, 2.24) is 4.98 Å². The van der Waals surface area contributed by atoms with Crippen molar-refractivity contribution in [2.75, 3.05) is 6.26 Å². The average molecular weight is 271 g/mol. The zero-order chi connectivity index (χ0) is 13.9. The summed E-state index contributed by atoms with van der Waals surface area (Å²) in [6.45, 7) is 3.78. The number of pyridine rings is 1. The van der Waals surface area contributed by atoms with Gasteiger partial charge in [0.25, 0.3) is 0 Å². The lowest BCUT2D eigenvalue weighted by molar-refractivity contribution is -0.139. The van der Waals surface area contributed by atoms with Crippen LogP contribution in [0.25, 0.3) is 0 Å². The Hall–Kier alpha value is -1.43. The van der Waals surface area contributed by atoms with Crippen LogP contribution in [-0.4, -0.2) is 30.7 Å². The first-order valence-electron chi connectivity index (χ1n) is 5.61. The minimum Gasteiger partial charge on any atom is -0.481 e. The summed E-state index contributed by atoms with van der Waals surface area (Å²) in [7, 11) is -3.47. The molecule has 100 valence electrons. The molecular weight excluding hydrogens is 254 g/mol. The number of rotatable bonds is 5. The van der Waals surface area contributed by atoms with E-state index in [-0.39, 0.29) is 16.5 Å². The van der Waals surface area contributed by atoms with Crippen molar-refractivity contribution >= 4 is 15.8 Å². The van der Waals surface area contributed by atoms with Gasteiger partial charge in [-0.3, -0.25) is 9.78 Å². The van der Waals surface area contributed by atoms with Crippen molar-refractivity contribution in [2.45, 2.75) is 31.1 Å². The van der Waals surface area contributed by atoms with Crippen LogP contribution in [0.5, 0.6) is 0 Å². The van der Waals surface area contributed by atoms with Crippen LogP contribution in [-0.2, 0) is 14.6 Å². The first-order valence-corrected chi connectivity index (χ1v) is 7.50. The highest BCUT2D eigenvalue weighted by molar-refractivity contribution is 7.90. The van der Waals surface area contributed by atoms with E-state index in [0.717, 1.165) is 6.26 Å². The monoisotopic (exact) mass is 271 g/mol. The third kappa shape index (κ3) is 3.53. The lowest BCUT2D eigenvalue weighted by Crippen LogP contribution is -2.18. The molecule has 0 amide bonds. The molecule has 0 aliphatic rings. The normalized spacial score (nSPS) is 13.6. The maximum absolute atomic E-state index is 11.6. The molecule has 1 atom stereocenters. The van der Waals surface area contributed by atoms with Crippen LogP contribution in [0, 0.1) is 5.92 Å². The van der Waals surface area contributed by atoms with Gasteiger partial charge in [-0.25, -0.2) is 8.42 Å². The van der Waals surface area contributed by atoms with Crippen molar-refractivity contribution in [2.24, 2.45) is 5.92 Å². The average Bonchev–Trinajstić information content (AvgIpc) is 2.24. The number of hydrogen-bond acceptors (Lipinski definition) is 4. The van der Waals surface area contributed by atoms with E-state index < -0.39 is 21.7 Å². The number of carboxylic acids is 1. The molecule has 0 aliphatic heterocycles. The molecule has 6 heteroatoms. The number of hydrogen-bond donors (Lipinski definition) is 1. The van der Waals surface area contributed by atoms with E-state index in [1.165, 1.54) is 18.3 Å². The molecule has 1 unspecified atom stereocenters. The molecule has 18 heavy (non-hydrogen) atoms. The summed E-state index contributed by atoms with van der Waals surface area (Å²) in [5.74, 6) is -1.80. The Morgan fingerprint density at radius 2 is 2.06 bits per heavy atom. The number of carboxylic acid groups (broad SMARTS) is 1. The van der Waals surface area contributed by atoms with Gasteiger partial charge in [-0.1, -0.05) is 13.8 Å². The van der Waals surface area contributed by atoms with Gasteiger partial charge in [0.15, 0.2) is 9.84 Å². The van der Waals surface area contributed by atoms with E-state index in [1.54, 1.807) is 0 Å². The minimum absolute atomic E-state index is 0.00181. The lowest BCUT2D eigenvalue weighted by atomic mass is 9.94. The predicted molar refractivity (Wildman–Crippen MR) is 67.2 cm³/mol. The van der Waals surface area contributed by atoms with Gasteiger partial charge in [0.05, 0.1) is 10.6 Å². The van der Waals surface area contributed by atoms with Crippen LogP contribution in [0.4, 0.5) is 0 Å². The smallest absolute Gasteiger partial charge is 0.312 e. The fraction of sp³-hybridized carbons (Fsp3) is 0.500. The molecule has 0 radical (unpaired) electrons. The zero-order valence-electron chi connectivity index (χ0n) is 10.6. The van der Waals surface area contributed by atoms with Gasteiger partial charge in [0, 0.05) is 12.5 Å². The number of nitrogens with zero attached hydrogens (tertiary/aromatic N) is 1. The summed E-state index contributed by atoms with van der Waals surface area (Å²) < 4.78 is 23.3. The first-order chi connectivity index (χ1) is 8.23. The van der Waals surface area contributed by atoms with Crippen LogP contribution in [0.3, 0.4) is 0 Å². The van der Waals surface area contributed by atoms with Crippen LogP contribution in [0.1, 0.15) is 31.9 Å². The second kappa shape index (κ2) is 5.48. The number of sulfone groups is 1. The molecule has 0 fully saturated rings. The number of aliphatic carboxylic acids is 1. The van der Waals surface area contributed by atoms with E-state index in [1.807, 2.05) is 13.8 Å². The Morgan fingerprint density at radius 1 is 1.44 bits per heavy atom. The Labute approximate surface area is 107 Å². The summed E-state index contributed by atoms with van der Waals surface area (Å²) in [5, 5.41) is 9.23. The number of aromatic nitrogens is 1. The topological polar surface area (TPSA) is 84.3 Å². The second-order valence-corrected chi connectivity index (χ2v) is 6.66. The van der Waals surface area contributed by atoms with Gasteiger partial charge in [-0.15, -0.1) is 0 Å². The van der Waals surface area contributed by atoms with Gasteiger partial charge in [0.1, 0.15) is 5.92 Å². The summed E-state index contributed by atoms with van der Waals surface area (Å²) in [4.78, 5) is 15.2. The van der Waals surface area contributed by atoms with Gasteiger partial charge in [-0.2, -0.15) is 0 Å². The zero-order valence-corrected chi connectivity index (χ0v) is 11.4. The fourth-order valence-corrected chi connectivity index (χ4v) is 2.68. The summed E-state index contributed by atoms with van der Waals surface area (Å²) >= 11 is 0. The highest BCUT2D eigenvalue weighted by Crippen LogP contribution is 2.27. The highest BCUT2D eigenvalue weighted by Gasteiger charge is 2.28. The highest BCUT2D eigenvalue weighted by atomic mass is 32.2. The van der Waals surface area contributed by atoms with Crippen molar-refractivity contribution in [3.8, 4) is 0 Å². The molecule has 1 heterocycles. The second-order valence-electron chi connectivity index (χ2n) is 4.68. The SMILES string of the molecule is CC(C)CC(C(=O)O)c1ncccc1S(C)(=O)=O. The molecule has 1 rings (SSSR count). The van der Waals surface area contributed by atoms with E-state index in [4.69, 9.17) is 0 Å². The first kappa shape index (κ1) is 14.6. The molecule has 0 saturated carbocycles. The molecule has 0 bridgehead atoms. The summed E-state index contributed by atoms with van der Waals surface area (Å²) in [6, 6.07) is 2.89. The van der Waals surface area contributed by atoms with Gasteiger partial charge < -0.3 is 5.11 Å². The molecule has 1 N–H and O–H groups in total. The minimum atomic E-state index is -3.47. The van der Waals surface area contributed by atoms with Crippen molar-refractivity contribution < 1.29 is 18.3 Å². The van der Waals surface area contributed by atoms with E-state index in [0.29, 0.717) is 6.42 Å². The summed E-state index contributed by atoms with van der Waals surface area (Å²) in [5.41, 5.74) is 0.126. The van der Waals surface area contributed by atoms with Crippen molar-refractivity contribution in [3.05, 3.63) is 24.0 Å². The molecule has 5 nitrogen and oxygen atoms in total. The third-order valence-electron chi connectivity index (χ3n) is 2.53. The van der Waals surface area contributed by atoms with Crippen LogP contribution >= 0.6 is 0 Å². The third-order valence-corrected chi connectivity index (χ3v) is 3.68. The van der Waals surface area contributed by atoms with Gasteiger partial charge in [0.2, 0.25) is 0 Å². The van der Waals surface area contributed by atoms with Crippen molar-refractivity contribution in [3.63, 3.8) is 0 Å². The molecular formula is C12H17NO4S. The molecule has 1 aromatic rings.